The van der Waals surface area contributed by atoms with E-state index in [1.54, 1.807) is 10.9 Å². The smallest absolute Gasteiger partial charge is 0.221 e. The van der Waals surface area contributed by atoms with Crippen molar-refractivity contribution in [2.24, 2.45) is 0 Å². The van der Waals surface area contributed by atoms with E-state index in [-0.39, 0.29) is 30.2 Å². The fourth-order valence-electron chi connectivity index (χ4n) is 5.43. The van der Waals surface area contributed by atoms with Gasteiger partial charge in [0, 0.05) is 43.4 Å². The number of carbonyl (C=O) groups excluding carboxylic acids is 2. The molecule has 12 nitrogen and oxygen atoms in total. The first kappa shape index (κ1) is 23.1. The molecule has 12 heteroatoms. The lowest BCUT2D eigenvalue weighted by atomic mass is 9.97. The molecule has 6 rings (SSSR count). The van der Waals surface area contributed by atoms with Crippen molar-refractivity contribution >= 4 is 28.7 Å². The Morgan fingerprint density at radius 2 is 2.06 bits per heavy atom. The van der Waals surface area contributed by atoms with Crippen LogP contribution in [0.15, 0.2) is 24.9 Å². The lowest BCUT2D eigenvalue weighted by Gasteiger charge is -2.25. The van der Waals surface area contributed by atoms with Gasteiger partial charge in [-0.05, 0) is 32.8 Å². The summed E-state index contributed by atoms with van der Waals surface area (Å²) in [5.41, 5.74) is 8.79. The van der Waals surface area contributed by atoms with Crippen LogP contribution in [-0.4, -0.2) is 66.4 Å². The van der Waals surface area contributed by atoms with Crippen LogP contribution >= 0.6 is 0 Å². The molecule has 3 aliphatic rings. The number of rotatable bonds is 6. The first-order valence-electron chi connectivity index (χ1n) is 12.2. The summed E-state index contributed by atoms with van der Waals surface area (Å²) in [4.78, 5) is 37.4. The molecule has 0 bridgehead atoms. The fraction of sp³-hybridized carbons (Fsp3) is 0.542. The molecule has 3 aromatic heterocycles. The van der Waals surface area contributed by atoms with Crippen molar-refractivity contribution in [3.8, 4) is 0 Å². The monoisotopic (exact) mass is 495 g/mol. The lowest BCUT2D eigenvalue weighted by Crippen LogP contribution is -2.40. The zero-order chi connectivity index (χ0) is 25.0. The Kier molecular flexibility index (Phi) is 5.54. The van der Waals surface area contributed by atoms with Gasteiger partial charge in [-0.3, -0.25) is 14.2 Å². The molecule has 3 aromatic rings. The van der Waals surface area contributed by atoms with E-state index in [4.69, 9.17) is 19.9 Å². The summed E-state index contributed by atoms with van der Waals surface area (Å²) in [5.74, 6) is -0.428. The van der Waals surface area contributed by atoms with Gasteiger partial charge in [0.25, 0.3) is 0 Å². The van der Waals surface area contributed by atoms with E-state index in [0.29, 0.717) is 30.6 Å². The minimum atomic E-state index is -0.797. The number of imidazole rings is 1. The molecule has 4 atom stereocenters. The Morgan fingerprint density at radius 3 is 2.92 bits per heavy atom. The zero-order valence-corrected chi connectivity index (χ0v) is 20.2. The van der Waals surface area contributed by atoms with E-state index in [0.717, 1.165) is 24.1 Å². The highest BCUT2D eigenvalue weighted by atomic mass is 16.8. The minimum Gasteiger partial charge on any atom is -0.382 e. The number of Topliss-reactive ketones (excluding diaryl/α,β-unsaturated/α-hetero) is 1. The van der Waals surface area contributed by atoms with Gasteiger partial charge < -0.3 is 29.8 Å². The molecule has 0 spiro atoms. The third-order valence-electron chi connectivity index (χ3n) is 7.06. The molecule has 2 aliphatic heterocycles. The molecule has 190 valence electrons. The second-order valence-electron chi connectivity index (χ2n) is 9.91. The van der Waals surface area contributed by atoms with Crippen molar-refractivity contribution in [2.45, 2.75) is 76.4 Å². The molecule has 4 unspecified atom stereocenters. The maximum Gasteiger partial charge on any atom is 0.221 e. The third kappa shape index (κ3) is 3.94. The van der Waals surface area contributed by atoms with Crippen LogP contribution in [0.5, 0.6) is 0 Å². The number of nitrogen functional groups attached to an aromatic ring is 1. The molecule has 3 N–H and O–H groups in total. The molecule has 0 saturated carbocycles. The van der Waals surface area contributed by atoms with Crippen LogP contribution in [0.2, 0.25) is 0 Å². The number of aromatic nitrogens is 5. The van der Waals surface area contributed by atoms with Gasteiger partial charge in [0.2, 0.25) is 5.91 Å². The van der Waals surface area contributed by atoms with Crippen LogP contribution in [0, 0.1) is 0 Å². The number of anilines is 1. The molecule has 0 radical (unpaired) electrons. The highest BCUT2D eigenvalue weighted by molar-refractivity contribution is 5.98. The molecular weight excluding hydrogens is 466 g/mol. The first-order valence-corrected chi connectivity index (χ1v) is 12.2. The molecule has 1 aliphatic carbocycles. The quantitative estimate of drug-likeness (QED) is 0.517. The Balaban J connectivity index is 1.13. The van der Waals surface area contributed by atoms with Crippen molar-refractivity contribution in [1.82, 2.24) is 29.4 Å². The summed E-state index contributed by atoms with van der Waals surface area (Å²) >= 11 is 0. The number of hydrogen-bond donors (Lipinski definition) is 2. The molecule has 5 heterocycles. The van der Waals surface area contributed by atoms with E-state index in [2.05, 4.69) is 20.3 Å². The summed E-state index contributed by atoms with van der Waals surface area (Å²) in [7, 11) is 0. The fourth-order valence-corrected chi connectivity index (χ4v) is 5.43. The average molecular weight is 496 g/mol. The van der Waals surface area contributed by atoms with Gasteiger partial charge in [0.1, 0.15) is 30.2 Å². The van der Waals surface area contributed by atoms with Crippen molar-refractivity contribution in [2.75, 3.05) is 12.3 Å². The number of carbonyl (C=O) groups is 2. The lowest BCUT2D eigenvalue weighted by molar-refractivity contribution is -0.195. The average Bonchev–Trinajstić information content (AvgIpc) is 3.59. The van der Waals surface area contributed by atoms with E-state index < -0.39 is 24.2 Å². The van der Waals surface area contributed by atoms with Crippen LogP contribution in [0.1, 0.15) is 55.4 Å². The van der Waals surface area contributed by atoms with Gasteiger partial charge in [0.15, 0.2) is 29.3 Å². The van der Waals surface area contributed by atoms with Gasteiger partial charge in [-0.25, -0.2) is 15.0 Å². The van der Waals surface area contributed by atoms with E-state index in [1.165, 1.54) is 6.33 Å². The highest BCUT2D eigenvalue weighted by Crippen LogP contribution is 2.43. The minimum absolute atomic E-state index is 0.102. The summed E-state index contributed by atoms with van der Waals surface area (Å²) in [5, 5.41) is 2.98. The second kappa shape index (κ2) is 8.64. The van der Waals surface area contributed by atoms with Crippen molar-refractivity contribution in [3.05, 3.63) is 36.2 Å². The van der Waals surface area contributed by atoms with E-state index >= 15 is 0 Å². The normalized spacial score (nSPS) is 26.8. The van der Waals surface area contributed by atoms with Crippen LogP contribution in [0.25, 0.3) is 11.2 Å². The Labute approximate surface area is 207 Å². The molecular formula is C24H29N7O5. The third-order valence-corrected chi connectivity index (χ3v) is 7.06. The molecule has 2 fully saturated rings. The summed E-state index contributed by atoms with van der Waals surface area (Å²) in [6, 6.07) is 1.86. The first-order chi connectivity index (χ1) is 17.3. The summed E-state index contributed by atoms with van der Waals surface area (Å²) in [6.07, 6.45) is 5.71. The van der Waals surface area contributed by atoms with Crippen molar-refractivity contribution < 1.29 is 23.8 Å². The van der Waals surface area contributed by atoms with Crippen LogP contribution < -0.4 is 11.1 Å². The number of nitrogens with zero attached hydrogens (tertiary/aromatic N) is 5. The van der Waals surface area contributed by atoms with Gasteiger partial charge in [-0.2, -0.15) is 0 Å². The second-order valence-corrected chi connectivity index (χ2v) is 9.91. The summed E-state index contributed by atoms with van der Waals surface area (Å²) < 4.78 is 22.4. The Morgan fingerprint density at radius 1 is 1.22 bits per heavy atom. The SMILES string of the molecule is CC1(C)OC2C(CNC(=O)CCn3ccc4c3CCCC4=O)OC(n3cnc4c(N)ncnc43)C2O1. The molecule has 36 heavy (non-hydrogen) atoms. The Bertz CT molecular complexity index is 1330. The number of nitrogens with two attached hydrogens (primary N) is 1. The van der Waals surface area contributed by atoms with Gasteiger partial charge in [-0.1, -0.05) is 0 Å². The number of nitrogens with one attached hydrogen (secondary N) is 1. The molecule has 2 saturated heterocycles. The molecule has 0 aromatic carbocycles. The van der Waals surface area contributed by atoms with Gasteiger partial charge >= 0.3 is 0 Å². The number of ketones is 1. The van der Waals surface area contributed by atoms with Crippen LogP contribution in [-0.2, 0) is 32.0 Å². The van der Waals surface area contributed by atoms with E-state index in [1.807, 2.05) is 30.7 Å². The maximum atomic E-state index is 12.7. The van der Waals surface area contributed by atoms with Gasteiger partial charge in [-0.15, -0.1) is 0 Å². The van der Waals surface area contributed by atoms with Gasteiger partial charge in [0.05, 0.1) is 6.33 Å². The predicted octanol–water partition coefficient (Wildman–Crippen LogP) is 1.35. The number of fused-ring (bicyclic) bond motifs is 3. The van der Waals surface area contributed by atoms with Crippen molar-refractivity contribution in [1.29, 1.82) is 0 Å². The standard InChI is InChI=1S/C24H29N7O5/c1-24(2)35-19-16(10-26-17(33)7-9-30-8-6-13-14(30)4-3-5-15(13)32)34-23(20(19)36-24)31-12-29-18-21(25)27-11-28-22(18)31/h6,8,11-12,16,19-20,23H,3-5,7,9-10H2,1-2H3,(H,26,33)(H2,25,27,28). The van der Waals surface area contributed by atoms with E-state index in [9.17, 15) is 9.59 Å². The topological polar surface area (TPSA) is 148 Å². The predicted molar refractivity (Wildman–Crippen MR) is 127 cm³/mol. The number of aryl methyl sites for hydroxylation is 1. The summed E-state index contributed by atoms with van der Waals surface area (Å²) in [6.45, 7) is 4.49. The number of hydrogen-bond acceptors (Lipinski definition) is 9. The van der Waals surface area contributed by atoms with Crippen molar-refractivity contribution in [3.63, 3.8) is 0 Å². The van der Waals surface area contributed by atoms with Crippen LogP contribution in [0.4, 0.5) is 5.82 Å². The number of amides is 1. The van der Waals surface area contributed by atoms with Crippen LogP contribution in [0.3, 0.4) is 0 Å². The Hall–Kier alpha value is -3.35. The highest BCUT2D eigenvalue weighted by Gasteiger charge is 2.56. The number of ether oxygens (including phenoxy) is 3. The largest absolute Gasteiger partial charge is 0.382 e. The maximum absolute atomic E-state index is 12.7. The zero-order valence-electron chi connectivity index (χ0n) is 20.2. The molecule has 1 amide bonds.